The summed E-state index contributed by atoms with van der Waals surface area (Å²) in [5.74, 6) is -0.681. The first-order valence-electron chi connectivity index (χ1n) is 6.95. The molecule has 0 heterocycles. The Morgan fingerprint density at radius 1 is 1.09 bits per heavy atom. The molecule has 0 unspecified atom stereocenters. The number of carbonyl (C=O) groups excluding carboxylic acids is 2. The highest BCUT2D eigenvalue weighted by atomic mass is 19.1. The molecule has 0 saturated carbocycles. The van der Waals surface area contributed by atoms with Gasteiger partial charge < -0.3 is 14.8 Å². The summed E-state index contributed by atoms with van der Waals surface area (Å²) in [7, 11) is 0. The third kappa shape index (κ3) is 5.10. The molecule has 1 atom stereocenters. The summed E-state index contributed by atoms with van der Waals surface area (Å²) in [6, 6.07) is 11.8. The van der Waals surface area contributed by atoms with Crippen LogP contribution < -0.4 is 14.8 Å². The lowest BCUT2D eigenvalue weighted by Crippen LogP contribution is -2.28. The highest BCUT2D eigenvalue weighted by molar-refractivity contribution is 5.88. The van der Waals surface area contributed by atoms with E-state index in [4.69, 9.17) is 9.47 Å². The molecule has 0 radical (unpaired) electrons. The van der Waals surface area contributed by atoms with Crippen LogP contribution in [0.15, 0.2) is 48.5 Å². The fourth-order valence-corrected chi connectivity index (χ4v) is 1.80. The Morgan fingerprint density at radius 3 is 2.39 bits per heavy atom. The van der Waals surface area contributed by atoms with Crippen LogP contribution in [0.5, 0.6) is 11.5 Å². The van der Waals surface area contributed by atoms with Crippen LogP contribution in [0.3, 0.4) is 0 Å². The topological polar surface area (TPSA) is 64.6 Å². The zero-order valence-corrected chi connectivity index (χ0v) is 12.7. The number of nitrogens with one attached hydrogen (secondary N) is 1. The van der Waals surface area contributed by atoms with Crippen LogP contribution in [0.4, 0.5) is 10.1 Å². The minimum Gasteiger partial charge on any atom is -0.479 e. The molecule has 0 spiro atoms. The Bertz CT molecular complexity index is 700. The molecule has 2 aromatic carbocycles. The maximum atomic E-state index is 13.1. The molecule has 0 aliphatic carbocycles. The molecule has 2 rings (SSSR count). The summed E-state index contributed by atoms with van der Waals surface area (Å²) >= 11 is 0. The average Bonchev–Trinajstić information content (AvgIpc) is 2.48. The van der Waals surface area contributed by atoms with E-state index in [1.165, 1.54) is 32.0 Å². The van der Waals surface area contributed by atoms with Crippen molar-refractivity contribution < 1.29 is 23.5 Å². The van der Waals surface area contributed by atoms with E-state index in [2.05, 4.69) is 5.32 Å². The summed E-state index contributed by atoms with van der Waals surface area (Å²) in [4.78, 5) is 22.9. The van der Waals surface area contributed by atoms with Crippen molar-refractivity contribution >= 4 is 17.6 Å². The number of halogens is 1. The number of hydrogen-bond donors (Lipinski definition) is 1. The van der Waals surface area contributed by atoms with E-state index in [1.54, 1.807) is 30.3 Å². The largest absolute Gasteiger partial charge is 0.479 e. The summed E-state index contributed by atoms with van der Waals surface area (Å²) < 4.78 is 23.6. The molecule has 0 aliphatic heterocycles. The van der Waals surface area contributed by atoms with Gasteiger partial charge in [-0.15, -0.1) is 0 Å². The van der Waals surface area contributed by atoms with Crippen molar-refractivity contribution in [2.24, 2.45) is 0 Å². The molecule has 2 aromatic rings. The third-order valence-electron chi connectivity index (χ3n) is 2.83. The molecule has 0 saturated heterocycles. The number of esters is 1. The van der Waals surface area contributed by atoms with Crippen LogP contribution in [0.2, 0.25) is 0 Å². The number of anilines is 1. The van der Waals surface area contributed by atoms with Crippen LogP contribution in [-0.2, 0) is 9.59 Å². The van der Waals surface area contributed by atoms with Gasteiger partial charge in [-0.25, -0.2) is 9.18 Å². The molecule has 0 aliphatic rings. The minimum absolute atomic E-state index is 0.188. The molecule has 0 fully saturated rings. The van der Waals surface area contributed by atoms with Crippen molar-refractivity contribution in [3.05, 3.63) is 54.3 Å². The maximum absolute atomic E-state index is 13.1. The average molecular weight is 317 g/mol. The molecule has 0 bridgehead atoms. The smallest absolute Gasteiger partial charge is 0.352 e. The Labute approximate surface area is 133 Å². The second-order valence-electron chi connectivity index (χ2n) is 4.84. The minimum atomic E-state index is -0.896. The zero-order valence-electron chi connectivity index (χ0n) is 12.7. The molecule has 120 valence electrons. The lowest BCUT2D eigenvalue weighted by molar-refractivity contribution is -0.141. The third-order valence-corrected chi connectivity index (χ3v) is 2.83. The van der Waals surface area contributed by atoms with Gasteiger partial charge in [-0.1, -0.05) is 6.07 Å². The van der Waals surface area contributed by atoms with E-state index in [0.717, 1.165) is 0 Å². The van der Waals surface area contributed by atoms with E-state index in [-0.39, 0.29) is 11.7 Å². The van der Waals surface area contributed by atoms with Crippen LogP contribution in [0.1, 0.15) is 13.8 Å². The Kier molecular flexibility index (Phi) is 5.30. The number of rotatable bonds is 5. The second kappa shape index (κ2) is 7.40. The predicted octanol–water partition coefficient (Wildman–Crippen LogP) is 3.16. The van der Waals surface area contributed by atoms with Crippen molar-refractivity contribution in [2.75, 3.05) is 5.32 Å². The van der Waals surface area contributed by atoms with Crippen LogP contribution in [0.25, 0.3) is 0 Å². The SMILES string of the molecule is CC(=O)Nc1ccc(OC(=O)[C@@H](C)Oc2cccc(F)c2)cc1. The van der Waals surface area contributed by atoms with Gasteiger partial charge in [-0.3, -0.25) is 4.79 Å². The quantitative estimate of drug-likeness (QED) is 0.679. The number of amides is 1. The predicted molar refractivity (Wildman–Crippen MR) is 82.9 cm³/mol. The summed E-state index contributed by atoms with van der Waals surface area (Å²) in [5, 5.41) is 2.61. The van der Waals surface area contributed by atoms with E-state index >= 15 is 0 Å². The van der Waals surface area contributed by atoms with Gasteiger partial charge in [0.25, 0.3) is 0 Å². The Morgan fingerprint density at radius 2 is 1.78 bits per heavy atom. The fourth-order valence-electron chi connectivity index (χ4n) is 1.80. The first-order valence-corrected chi connectivity index (χ1v) is 6.95. The van der Waals surface area contributed by atoms with E-state index in [0.29, 0.717) is 11.4 Å². The van der Waals surface area contributed by atoms with Gasteiger partial charge in [0.2, 0.25) is 5.91 Å². The first-order chi connectivity index (χ1) is 10.9. The fraction of sp³-hybridized carbons (Fsp3) is 0.176. The molecule has 1 amide bonds. The van der Waals surface area contributed by atoms with Gasteiger partial charge >= 0.3 is 5.97 Å². The van der Waals surface area contributed by atoms with E-state index in [9.17, 15) is 14.0 Å². The Balaban J connectivity index is 1.94. The highest BCUT2D eigenvalue weighted by Crippen LogP contribution is 2.18. The van der Waals surface area contributed by atoms with Gasteiger partial charge in [0, 0.05) is 18.7 Å². The lowest BCUT2D eigenvalue weighted by atomic mass is 10.3. The normalized spacial score (nSPS) is 11.4. The van der Waals surface area contributed by atoms with Crippen molar-refractivity contribution in [1.29, 1.82) is 0 Å². The van der Waals surface area contributed by atoms with Crippen molar-refractivity contribution in [3.8, 4) is 11.5 Å². The van der Waals surface area contributed by atoms with Gasteiger partial charge in [0.15, 0.2) is 6.10 Å². The van der Waals surface area contributed by atoms with Gasteiger partial charge in [-0.05, 0) is 43.3 Å². The van der Waals surface area contributed by atoms with Crippen LogP contribution in [0, 0.1) is 5.82 Å². The van der Waals surface area contributed by atoms with E-state index < -0.39 is 17.9 Å². The zero-order chi connectivity index (χ0) is 16.8. The molecule has 5 nitrogen and oxygen atoms in total. The summed E-state index contributed by atoms with van der Waals surface area (Å²) in [5.41, 5.74) is 0.598. The lowest BCUT2D eigenvalue weighted by Gasteiger charge is -2.14. The number of benzene rings is 2. The van der Waals surface area contributed by atoms with Gasteiger partial charge in [0.1, 0.15) is 17.3 Å². The first kappa shape index (κ1) is 16.5. The van der Waals surface area contributed by atoms with Gasteiger partial charge in [-0.2, -0.15) is 0 Å². The van der Waals surface area contributed by atoms with Crippen molar-refractivity contribution in [3.63, 3.8) is 0 Å². The van der Waals surface area contributed by atoms with Crippen molar-refractivity contribution in [2.45, 2.75) is 20.0 Å². The number of carbonyl (C=O) groups is 2. The molecule has 1 N–H and O–H groups in total. The van der Waals surface area contributed by atoms with Crippen LogP contribution in [-0.4, -0.2) is 18.0 Å². The molecule has 23 heavy (non-hydrogen) atoms. The number of hydrogen-bond acceptors (Lipinski definition) is 4. The second-order valence-corrected chi connectivity index (χ2v) is 4.84. The summed E-state index contributed by atoms with van der Waals surface area (Å²) in [6.45, 7) is 2.91. The van der Waals surface area contributed by atoms with Crippen LogP contribution >= 0.6 is 0 Å². The van der Waals surface area contributed by atoms with E-state index in [1.807, 2.05) is 0 Å². The maximum Gasteiger partial charge on any atom is 0.352 e. The molecular weight excluding hydrogens is 301 g/mol. The standard InChI is InChI=1S/C17H16FNO4/c1-11(22-16-5-3-4-13(18)10-16)17(21)23-15-8-6-14(7-9-15)19-12(2)20/h3-11H,1-2H3,(H,19,20)/t11-/m1/s1. The summed E-state index contributed by atoms with van der Waals surface area (Å²) in [6.07, 6.45) is -0.896. The molecule has 0 aromatic heterocycles. The van der Waals surface area contributed by atoms with Gasteiger partial charge in [0.05, 0.1) is 0 Å². The van der Waals surface area contributed by atoms with Crippen molar-refractivity contribution in [1.82, 2.24) is 0 Å². The number of ether oxygens (including phenoxy) is 2. The monoisotopic (exact) mass is 317 g/mol. The highest BCUT2D eigenvalue weighted by Gasteiger charge is 2.17. The molecular formula is C17H16FNO4. The Hall–Kier alpha value is -2.89. The molecule has 6 heteroatoms.